The van der Waals surface area contributed by atoms with Crippen LogP contribution in [-0.4, -0.2) is 28.3 Å². The van der Waals surface area contributed by atoms with Gasteiger partial charge >= 0.3 is 18.1 Å². The quantitative estimate of drug-likeness (QED) is 0.764. The van der Waals surface area contributed by atoms with E-state index in [-0.39, 0.29) is 0 Å². The van der Waals surface area contributed by atoms with Gasteiger partial charge in [0.05, 0.1) is 0 Å². The third-order valence-corrected chi connectivity index (χ3v) is 3.21. The molecule has 2 atom stereocenters. The second-order valence-electron chi connectivity index (χ2n) is 4.29. The number of hydrogen-bond donors (Lipinski definition) is 2. The number of halogens is 3. The zero-order valence-corrected chi connectivity index (χ0v) is 9.41. The summed E-state index contributed by atoms with van der Waals surface area (Å²) in [5, 5.41) is 15.9. The van der Waals surface area contributed by atoms with Crippen LogP contribution < -0.4 is 0 Å². The number of carbonyl (C=O) groups is 2. The number of aliphatic carboxylic acids is 2. The van der Waals surface area contributed by atoms with Gasteiger partial charge in [0.15, 0.2) is 0 Å². The van der Waals surface area contributed by atoms with Crippen LogP contribution in [0.1, 0.15) is 25.7 Å². The van der Waals surface area contributed by atoms with Crippen LogP contribution in [0.4, 0.5) is 13.2 Å². The van der Waals surface area contributed by atoms with Gasteiger partial charge in [0.1, 0.15) is 0 Å². The lowest BCUT2D eigenvalue weighted by atomic mass is 9.65. The summed E-state index contributed by atoms with van der Waals surface area (Å²) in [7, 11) is 0. The van der Waals surface area contributed by atoms with E-state index in [9.17, 15) is 18.0 Å². The molecule has 0 amide bonds. The molecule has 0 heterocycles. The van der Waals surface area contributed by atoms with Crippen LogP contribution >= 0.6 is 0 Å². The number of allylic oxidation sites excluding steroid dienone is 1. The maximum Gasteiger partial charge on any atom is 0.490 e. The van der Waals surface area contributed by atoms with Crippen molar-refractivity contribution < 1.29 is 33.0 Å². The Morgan fingerprint density at radius 3 is 2.00 bits per heavy atom. The second-order valence-corrected chi connectivity index (χ2v) is 4.29. The average molecular weight is 266 g/mol. The summed E-state index contributed by atoms with van der Waals surface area (Å²) in [6, 6.07) is 0. The molecule has 4 nitrogen and oxygen atoms in total. The minimum atomic E-state index is -5.08. The monoisotopic (exact) mass is 266 g/mol. The number of fused-ring (bicyclic) bond motifs is 1. The summed E-state index contributed by atoms with van der Waals surface area (Å²) in [5.74, 6) is -2.35. The lowest BCUT2D eigenvalue weighted by Gasteiger charge is -2.39. The van der Waals surface area contributed by atoms with Crippen LogP contribution in [0.2, 0.25) is 0 Å². The molecule has 0 bridgehead atoms. The zero-order chi connectivity index (χ0) is 13.9. The predicted molar refractivity (Wildman–Crippen MR) is 54.9 cm³/mol. The molecule has 0 aromatic carbocycles. The fourth-order valence-corrected chi connectivity index (χ4v) is 2.17. The maximum atomic E-state index is 10.7. The van der Waals surface area contributed by atoms with Gasteiger partial charge in [0.25, 0.3) is 0 Å². The molecule has 0 radical (unpaired) electrons. The third kappa shape index (κ3) is 3.48. The highest BCUT2D eigenvalue weighted by Gasteiger charge is 2.38. The first-order valence-corrected chi connectivity index (χ1v) is 5.47. The van der Waals surface area contributed by atoms with Crippen molar-refractivity contribution in [2.75, 3.05) is 0 Å². The Kier molecular flexibility index (Phi) is 4.37. The highest BCUT2D eigenvalue weighted by molar-refractivity contribution is 5.87. The smallest absolute Gasteiger partial charge is 0.478 e. The van der Waals surface area contributed by atoms with Crippen molar-refractivity contribution in [3.8, 4) is 0 Å². The van der Waals surface area contributed by atoms with E-state index in [1.54, 1.807) is 0 Å². The van der Waals surface area contributed by atoms with Crippen molar-refractivity contribution in [3.63, 3.8) is 0 Å². The van der Waals surface area contributed by atoms with Crippen molar-refractivity contribution in [2.24, 2.45) is 11.8 Å². The van der Waals surface area contributed by atoms with Gasteiger partial charge < -0.3 is 10.2 Å². The number of carboxylic acids is 2. The molecule has 2 N–H and O–H groups in total. The molecule has 0 spiro atoms. The SMILES string of the molecule is O=C(O)C(F)(F)F.O=C(O)C1=CCCC2CCC12. The Bertz CT molecular complexity index is 373. The van der Waals surface area contributed by atoms with E-state index in [1.165, 1.54) is 12.8 Å². The third-order valence-electron chi connectivity index (χ3n) is 3.21. The number of hydrogen-bond acceptors (Lipinski definition) is 2. The fourth-order valence-electron chi connectivity index (χ4n) is 2.17. The lowest BCUT2D eigenvalue weighted by molar-refractivity contribution is -0.192. The minimum absolute atomic E-state index is 0.404. The van der Waals surface area contributed by atoms with Crippen molar-refractivity contribution in [1.29, 1.82) is 0 Å². The minimum Gasteiger partial charge on any atom is -0.478 e. The molecule has 0 saturated heterocycles. The van der Waals surface area contributed by atoms with Gasteiger partial charge in [-0.3, -0.25) is 0 Å². The van der Waals surface area contributed by atoms with Crippen molar-refractivity contribution >= 4 is 11.9 Å². The predicted octanol–water partition coefficient (Wildman–Crippen LogP) is 2.45. The van der Waals surface area contributed by atoms with Crippen LogP contribution in [-0.2, 0) is 9.59 Å². The van der Waals surface area contributed by atoms with E-state index >= 15 is 0 Å². The fraction of sp³-hybridized carbons (Fsp3) is 0.636. The van der Waals surface area contributed by atoms with E-state index in [2.05, 4.69) is 0 Å². The van der Waals surface area contributed by atoms with E-state index in [0.29, 0.717) is 17.4 Å². The van der Waals surface area contributed by atoms with E-state index in [1.807, 2.05) is 6.08 Å². The van der Waals surface area contributed by atoms with Gasteiger partial charge in [-0.2, -0.15) is 13.2 Å². The van der Waals surface area contributed by atoms with Gasteiger partial charge in [0, 0.05) is 5.57 Å². The van der Waals surface area contributed by atoms with E-state index in [0.717, 1.165) is 12.8 Å². The number of rotatable bonds is 1. The van der Waals surface area contributed by atoms with Crippen LogP contribution in [0.5, 0.6) is 0 Å². The summed E-state index contributed by atoms with van der Waals surface area (Å²) < 4.78 is 31.7. The van der Waals surface area contributed by atoms with Crippen molar-refractivity contribution in [1.82, 2.24) is 0 Å². The Balaban J connectivity index is 0.000000203. The molecule has 0 aromatic heterocycles. The maximum absolute atomic E-state index is 10.7. The van der Waals surface area contributed by atoms with Crippen LogP contribution in [0.3, 0.4) is 0 Å². The van der Waals surface area contributed by atoms with Crippen molar-refractivity contribution in [3.05, 3.63) is 11.6 Å². The largest absolute Gasteiger partial charge is 0.490 e. The highest BCUT2D eigenvalue weighted by Crippen LogP contribution is 2.45. The Hall–Kier alpha value is -1.53. The van der Waals surface area contributed by atoms with Crippen LogP contribution in [0.25, 0.3) is 0 Å². The molecule has 2 aliphatic carbocycles. The molecule has 102 valence electrons. The molecular weight excluding hydrogens is 253 g/mol. The van der Waals surface area contributed by atoms with E-state index < -0.39 is 18.1 Å². The average Bonchev–Trinajstić information content (AvgIpc) is 2.18. The van der Waals surface area contributed by atoms with Gasteiger partial charge in [-0.15, -0.1) is 0 Å². The molecule has 7 heteroatoms. The second kappa shape index (κ2) is 5.41. The lowest BCUT2D eigenvalue weighted by Crippen LogP contribution is -2.32. The molecule has 2 aliphatic rings. The summed E-state index contributed by atoms with van der Waals surface area (Å²) in [6.07, 6.45) is 1.35. The Labute approximate surface area is 101 Å². The Morgan fingerprint density at radius 1 is 1.17 bits per heavy atom. The Morgan fingerprint density at radius 2 is 1.72 bits per heavy atom. The molecule has 1 saturated carbocycles. The standard InChI is InChI=1S/C9H12O2.C2HF3O2/c10-9(11)8-3-1-2-6-4-5-7(6)8;3-2(4,5)1(6)7/h3,6-7H,1-2,4-5H2,(H,10,11);(H,6,7). The van der Waals surface area contributed by atoms with Gasteiger partial charge in [-0.25, -0.2) is 9.59 Å². The number of carboxylic acid groups (broad SMARTS) is 2. The summed E-state index contributed by atoms with van der Waals surface area (Å²) in [6.45, 7) is 0. The van der Waals surface area contributed by atoms with E-state index in [4.69, 9.17) is 15.0 Å². The first-order valence-electron chi connectivity index (χ1n) is 5.47. The molecule has 2 rings (SSSR count). The summed E-state index contributed by atoms with van der Waals surface area (Å²) in [5.41, 5.74) is 0.688. The number of alkyl halides is 3. The van der Waals surface area contributed by atoms with Gasteiger partial charge in [-0.1, -0.05) is 6.08 Å². The molecule has 2 unspecified atom stereocenters. The molecule has 0 aromatic rings. The normalized spacial score (nSPS) is 25.8. The zero-order valence-electron chi connectivity index (χ0n) is 9.41. The molecule has 1 fully saturated rings. The first kappa shape index (κ1) is 14.5. The van der Waals surface area contributed by atoms with Gasteiger partial charge in [0.2, 0.25) is 0 Å². The molecular formula is C11H13F3O4. The van der Waals surface area contributed by atoms with Crippen molar-refractivity contribution in [2.45, 2.75) is 31.9 Å². The topological polar surface area (TPSA) is 74.6 Å². The summed E-state index contributed by atoms with van der Waals surface area (Å²) >= 11 is 0. The summed E-state index contributed by atoms with van der Waals surface area (Å²) in [4.78, 5) is 19.6. The first-order chi connectivity index (χ1) is 8.23. The highest BCUT2D eigenvalue weighted by atomic mass is 19.4. The van der Waals surface area contributed by atoms with Gasteiger partial charge in [-0.05, 0) is 37.5 Å². The molecule has 18 heavy (non-hydrogen) atoms. The molecule has 0 aliphatic heterocycles. The van der Waals surface area contributed by atoms with Crippen LogP contribution in [0, 0.1) is 11.8 Å². The van der Waals surface area contributed by atoms with Crippen LogP contribution in [0.15, 0.2) is 11.6 Å².